The summed E-state index contributed by atoms with van der Waals surface area (Å²) in [4.78, 5) is 4.19. The molecule has 1 aliphatic rings. The fourth-order valence-electron chi connectivity index (χ4n) is 2.91. The van der Waals surface area contributed by atoms with Crippen LogP contribution < -0.4 is 10.5 Å². The Labute approximate surface area is 115 Å². The minimum atomic E-state index is -0.263. The third-order valence-electron chi connectivity index (χ3n) is 4.42. The van der Waals surface area contributed by atoms with Gasteiger partial charge < -0.3 is 15.2 Å². The average molecular weight is 264 g/mol. The standard InChI is InChI=1S/C15H24N2O2/c1-11-4-6-15(19-3,7-5-11)14(16)12-8-13(18-2)10-17-9-12/h8-11,14H,4-7,16H2,1-3H3. The third-order valence-corrected chi connectivity index (χ3v) is 4.42. The molecule has 1 saturated carbocycles. The van der Waals surface area contributed by atoms with Crippen LogP contribution in [0.25, 0.3) is 0 Å². The quantitative estimate of drug-likeness (QED) is 0.908. The lowest BCUT2D eigenvalue weighted by Gasteiger charge is -2.42. The topological polar surface area (TPSA) is 57.4 Å². The molecule has 1 aromatic rings. The second-order valence-electron chi connectivity index (χ2n) is 5.59. The van der Waals surface area contributed by atoms with Crippen molar-refractivity contribution in [1.82, 2.24) is 4.98 Å². The minimum Gasteiger partial charge on any atom is -0.495 e. The summed E-state index contributed by atoms with van der Waals surface area (Å²) < 4.78 is 11.0. The van der Waals surface area contributed by atoms with Crippen LogP contribution >= 0.6 is 0 Å². The molecule has 106 valence electrons. The van der Waals surface area contributed by atoms with Gasteiger partial charge in [-0.3, -0.25) is 4.98 Å². The summed E-state index contributed by atoms with van der Waals surface area (Å²) in [6.07, 6.45) is 7.84. The summed E-state index contributed by atoms with van der Waals surface area (Å²) in [5.41, 5.74) is 7.18. The van der Waals surface area contributed by atoms with Crippen molar-refractivity contribution >= 4 is 0 Å². The molecular weight excluding hydrogens is 240 g/mol. The first-order valence-electron chi connectivity index (χ1n) is 6.91. The molecule has 0 bridgehead atoms. The first-order chi connectivity index (χ1) is 9.11. The Hall–Kier alpha value is -1.13. The maximum absolute atomic E-state index is 6.46. The van der Waals surface area contributed by atoms with Gasteiger partial charge in [0.05, 0.1) is 24.9 Å². The molecule has 4 nitrogen and oxygen atoms in total. The van der Waals surface area contributed by atoms with E-state index in [-0.39, 0.29) is 11.6 Å². The van der Waals surface area contributed by atoms with E-state index in [4.69, 9.17) is 15.2 Å². The van der Waals surface area contributed by atoms with Crippen molar-refractivity contribution in [1.29, 1.82) is 0 Å². The van der Waals surface area contributed by atoms with Gasteiger partial charge in [-0.05, 0) is 43.2 Å². The molecule has 0 radical (unpaired) electrons. The summed E-state index contributed by atoms with van der Waals surface area (Å²) in [6, 6.07) is 1.80. The first-order valence-corrected chi connectivity index (χ1v) is 6.91. The average Bonchev–Trinajstić information content (AvgIpc) is 2.48. The highest BCUT2D eigenvalue weighted by Crippen LogP contribution is 2.41. The predicted molar refractivity (Wildman–Crippen MR) is 75.1 cm³/mol. The van der Waals surface area contributed by atoms with Gasteiger partial charge in [-0.1, -0.05) is 6.92 Å². The van der Waals surface area contributed by atoms with Gasteiger partial charge in [-0.15, -0.1) is 0 Å². The fraction of sp³-hybridized carbons (Fsp3) is 0.667. The third kappa shape index (κ3) is 2.90. The van der Waals surface area contributed by atoms with E-state index in [1.54, 1.807) is 20.4 Å². The Morgan fingerprint density at radius 3 is 2.58 bits per heavy atom. The second kappa shape index (κ2) is 5.88. The first kappa shape index (κ1) is 14.3. The zero-order valence-corrected chi connectivity index (χ0v) is 12.1. The Balaban J connectivity index is 2.22. The van der Waals surface area contributed by atoms with Crippen molar-refractivity contribution in [3.8, 4) is 5.75 Å². The minimum absolute atomic E-state index is 0.160. The molecule has 1 atom stereocenters. The highest BCUT2D eigenvalue weighted by Gasteiger charge is 2.40. The molecule has 1 aromatic heterocycles. The summed E-state index contributed by atoms with van der Waals surface area (Å²) in [6.45, 7) is 2.29. The number of methoxy groups -OCH3 is 2. The van der Waals surface area contributed by atoms with E-state index in [1.807, 2.05) is 12.3 Å². The molecule has 4 heteroatoms. The van der Waals surface area contributed by atoms with E-state index >= 15 is 0 Å². The van der Waals surface area contributed by atoms with Crippen LogP contribution in [0.4, 0.5) is 0 Å². The number of rotatable bonds is 4. The summed E-state index contributed by atoms with van der Waals surface area (Å²) in [5, 5.41) is 0. The number of hydrogen-bond donors (Lipinski definition) is 1. The molecule has 0 amide bonds. The number of aromatic nitrogens is 1. The van der Waals surface area contributed by atoms with Crippen LogP contribution in [0, 0.1) is 5.92 Å². The lowest BCUT2D eigenvalue weighted by atomic mass is 9.74. The SMILES string of the molecule is COc1cncc(C(N)C2(OC)CCC(C)CC2)c1. The molecule has 0 aliphatic heterocycles. The second-order valence-corrected chi connectivity index (χ2v) is 5.59. The van der Waals surface area contributed by atoms with Crippen LogP contribution in [0.5, 0.6) is 5.75 Å². The zero-order chi connectivity index (χ0) is 13.9. The van der Waals surface area contributed by atoms with E-state index in [0.717, 1.165) is 30.1 Å². The highest BCUT2D eigenvalue weighted by atomic mass is 16.5. The summed E-state index contributed by atoms with van der Waals surface area (Å²) in [7, 11) is 3.41. The van der Waals surface area contributed by atoms with E-state index in [2.05, 4.69) is 11.9 Å². The monoisotopic (exact) mass is 264 g/mol. The number of hydrogen-bond acceptors (Lipinski definition) is 4. The number of nitrogens with two attached hydrogens (primary N) is 1. The van der Waals surface area contributed by atoms with Gasteiger partial charge in [-0.25, -0.2) is 0 Å². The number of pyridine rings is 1. The van der Waals surface area contributed by atoms with E-state index in [1.165, 1.54) is 12.8 Å². The van der Waals surface area contributed by atoms with Crippen LogP contribution in [0.1, 0.15) is 44.2 Å². The van der Waals surface area contributed by atoms with Gasteiger partial charge in [0.15, 0.2) is 0 Å². The van der Waals surface area contributed by atoms with Gasteiger partial charge in [0, 0.05) is 13.3 Å². The normalized spacial score (nSPS) is 28.9. The fourth-order valence-corrected chi connectivity index (χ4v) is 2.91. The van der Waals surface area contributed by atoms with Crippen molar-refractivity contribution in [2.24, 2.45) is 11.7 Å². The van der Waals surface area contributed by atoms with Crippen LogP contribution in [0.3, 0.4) is 0 Å². The molecule has 19 heavy (non-hydrogen) atoms. The van der Waals surface area contributed by atoms with Gasteiger partial charge in [-0.2, -0.15) is 0 Å². The van der Waals surface area contributed by atoms with Crippen LogP contribution in [0.2, 0.25) is 0 Å². The van der Waals surface area contributed by atoms with Crippen molar-refractivity contribution < 1.29 is 9.47 Å². The molecular formula is C15H24N2O2. The lowest BCUT2D eigenvalue weighted by Crippen LogP contribution is -2.45. The van der Waals surface area contributed by atoms with E-state index < -0.39 is 0 Å². The van der Waals surface area contributed by atoms with Crippen molar-refractivity contribution in [2.75, 3.05) is 14.2 Å². The lowest BCUT2D eigenvalue weighted by molar-refractivity contribution is -0.0672. The van der Waals surface area contributed by atoms with Crippen LogP contribution in [-0.2, 0) is 4.74 Å². The molecule has 0 saturated heterocycles. The van der Waals surface area contributed by atoms with Gasteiger partial charge >= 0.3 is 0 Å². The smallest absolute Gasteiger partial charge is 0.137 e. The molecule has 1 unspecified atom stereocenters. The highest BCUT2D eigenvalue weighted by molar-refractivity contribution is 5.28. The van der Waals surface area contributed by atoms with Gasteiger partial charge in [0.25, 0.3) is 0 Å². The molecule has 0 spiro atoms. The maximum Gasteiger partial charge on any atom is 0.137 e. The van der Waals surface area contributed by atoms with Crippen LogP contribution in [0.15, 0.2) is 18.5 Å². The molecule has 1 heterocycles. The largest absolute Gasteiger partial charge is 0.495 e. The number of nitrogens with zero attached hydrogens (tertiary/aromatic N) is 1. The van der Waals surface area contributed by atoms with Gasteiger partial charge in [0.2, 0.25) is 0 Å². The molecule has 2 rings (SSSR count). The van der Waals surface area contributed by atoms with E-state index in [9.17, 15) is 0 Å². The Morgan fingerprint density at radius 2 is 2.00 bits per heavy atom. The summed E-state index contributed by atoms with van der Waals surface area (Å²) >= 11 is 0. The zero-order valence-electron chi connectivity index (χ0n) is 12.1. The molecule has 1 aliphatic carbocycles. The van der Waals surface area contributed by atoms with Crippen LogP contribution in [-0.4, -0.2) is 24.8 Å². The van der Waals surface area contributed by atoms with E-state index in [0.29, 0.717) is 0 Å². The predicted octanol–water partition coefficient (Wildman–Crippen LogP) is 2.69. The van der Waals surface area contributed by atoms with Crippen molar-refractivity contribution in [3.63, 3.8) is 0 Å². The summed E-state index contributed by atoms with van der Waals surface area (Å²) in [5.74, 6) is 1.50. The molecule has 0 aromatic carbocycles. The maximum atomic E-state index is 6.46. The van der Waals surface area contributed by atoms with Crippen molar-refractivity contribution in [3.05, 3.63) is 24.0 Å². The van der Waals surface area contributed by atoms with Gasteiger partial charge in [0.1, 0.15) is 5.75 Å². The Kier molecular flexibility index (Phi) is 4.42. The Morgan fingerprint density at radius 1 is 1.32 bits per heavy atom. The molecule has 1 fully saturated rings. The number of ether oxygens (including phenoxy) is 2. The Bertz CT molecular complexity index is 414. The molecule has 2 N–H and O–H groups in total. The van der Waals surface area contributed by atoms with Crippen molar-refractivity contribution in [2.45, 2.75) is 44.2 Å².